The summed E-state index contributed by atoms with van der Waals surface area (Å²) in [5, 5.41) is 9.84. The molecule has 1 atom stereocenters. The smallest absolute Gasteiger partial charge is 0.138 e. The molecule has 0 bridgehead atoms. The van der Waals surface area contributed by atoms with Gasteiger partial charge in [0, 0.05) is 23.0 Å². The molecule has 0 saturated heterocycles. The molecule has 1 saturated carbocycles. The van der Waals surface area contributed by atoms with Gasteiger partial charge in [0.25, 0.3) is 0 Å². The van der Waals surface area contributed by atoms with E-state index in [1.807, 2.05) is 25.2 Å². The number of nitrogens with zero attached hydrogens (tertiary/aromatic N) is 1. The Bertz CT molecular complexity index is 494. The van der Waals surface area contributed by atoms with Gasteiger partial charge in [-0.05, 0) is 44.1 Å². The van der Waals surface area contributed by atoms with Crippen LogP contribution in [0.2, 0.25) is 0 Å². The average Bonchev–Trinajstić information content (AvgIpc) is 2.95. The van der Waals surface area contributed by atoms with Crippen molar-refractivity contribution in [2.75, 3.05) is 0 Å². The zero-order valence-electron chi connectivity index (χ0n) is 10.8. The lowest BCUT2D eigenvalue weighted by Crippen LogP contribution is -2.22. The SMILES string of the molecule is Cc1noc(C)c1CNC(c1cccs1)C1CC1. The monoisotopic (exact) mass is 262 g/mol. The summed E-state index contributed by atoms with van der Waals surface area (Å²) in [6.45, 7) is 4.83. The van der Waals surface area contributed by atoms with E-state index in [1.165, 1.54) is 23.3 Å². The van der Waals surface area contributed by atoms with E-state index in [1.54, 1.807) is 0 Å². The predicted octanol–water partition coefficient (Wildman–Crippen LogP) is 3.59. The fourth-order valence-electron chi connectivity index (χ4n) is 2.36. The van der Waals surface area contributed by atoms with Crippen LogP contribution in [0.15, 0.2) is 22.0 Å². The van der Waals surface area contributed by atoms with Crippen molar-refractivity contribution in [3.63, 3.8) is 0 Å². The number of aryl methyl sites for hydroxylation is 2. The van der Waals surface area contributed by atoms with Gasteiger partial charge >= 0.3 is 0 Å². The van der Waals surface area contributed by atoms with Crippen LogP contribution in [0.1, 0.15) is 40.8 Å². The molecule has 2 heterocycles. The molecular formula is C14H18N2OS. The maximum atomic E-state index is 5.21. The van der Waals surface area contributed by atoms with Gasteiger partial charge in [-0.1, -0.05) is 11.2 Å². The molecule has 0 aromatic carbocycles. The van der Waals surface area contributed by atoms with Crippen molar-refractivity contribution in [2.24, 2.45) is 5.92 Å². The van der Waals surface area contributed by atoms with E-state index in [2.05, 4.69) is 28.0 Å². The maximum Gasteiger partial charge on any atom is 0.138 e. The van der Waals surface area contributed by atoms with Crippen LogP contribution in [-0.2, 0) is 6.54 Å². The molecule has 0 aliphatic heterocycles. The number of hydrogen-bond donors (Lipinski definition) is 1. The summed E-state index contributed by atoms with van der Waals surface area (Å²) < 4.78 is 5.21. The second-order valence-corrected chi connectivity index (χ2v) is 5.99. The molecule has 3 rings (SSSR count). The first-order valence-electron chi connectivity index (χ1n) is 6.44. The molecule has 18 heavy (non-hydrogen) atoms. The molecule has 1 fully saturated rings. The number of aromatic nitrogens is 1. The van der Waals surface area contributed by atoms with Gasteiger partial charge in [0.05, 0.1) is 5.69 Å². The van der Waals surface area contributed by atoms with Crippen LogP contribution in [0.4, 0.5) is 0 Å². The van der Waals surface area contributed by atoms with Crippen LogP contribution >= 0.6 is 11.3 Å². The highest BCUT2D eigenvalue weighted by atomic mass is 32.1. The van der Waals surface area contributed by atoms with E-state index in [9.17, 15) is 0 Å². The van der Waals surface area contributed by atoms with E-state index in [0.29, 0.717) is 6.04 Å². The number of nitrogens with one attached hydrogen (secondary N) is 1. The summed E-state index contributed by atoms with van der Waals surface area (Å²) in [5.74, 6) is 1.74. The third-order valence-corrected chi connectivity index (χ3v) is 4.58. The Labute approximate surface area is 111 Å². The van der Waals surface area contributed by atoms with E-state index < -0.39 is 0 Å². The summed E-state index contributed by atoms with van der Waals surface area (Å²) in [7, 11) is 0. The Hall–Kier alpha value is -1.13. The van der Waals surface area contributed by atoms with Crippen molar-refractivity contribution in [3.05, 3.63) is 39.4 Å². The van der Waals surface area contributed by atoms with Gasteiger partial charge in [0.1, 0.15) is 5.76 Å². The minimum atomic E-state index is 0.499. The summed E-state index contributed by atoms with van der Waals surface area (Å²) in [6, 6.07) is 4.86. The fourth-order valence-corrected chi connectivity index (χ4v) is 3.26. The molecule has 3 nitrogen and oxygen atoms in total. The molecule has 1 aliphatic carbocycles. The highest BCUT2D eigenvalue weighted by Gasteiger charge is 2.32. The lowest BCUT2D eigenvalue weighted by Gasteiger charge is -2.16. The second kappa shape index (κ2) is 4.86. The van der Waals surface area contributed by atoms with Gasteiger partial charge in [0.15, 0.2) is 0 Å². The van der Waals surface area contributed by atoms with Crippen LogP contribution in [0.5, 0.6) is 0 Å². The Morgan fingerprint density at radius 1 is 1.50 bits per heavy atom. The van der Waals surface area contributed by atoms with Crippen molar-refractivity contribution in [2.45, 2.75) is 39.3 Å². The third kappa shape index (κ3) is 2.35. The minimum absolute atomic E-state index is 0.499. The van der Waals surface area contributed by atoms with E-state index in [0.717, 1.165) is 23.9 Å². The molecule has 0 radical (unpaired) electrons. The van der Waals surface area contributed by atoms with Gasteiger partial charge in [-0.2, -0.15) is 0 Å². The minimum Gasteiger partial charge on any atom is -0.361 e. The van der Waals surface area contributed by atoms with Crippen molar-refractivity contribution in [3.8, 4) is 0 Å². The number of rotatable bonds is 5. The highest BCUT2D eigenvalue weighted by Crippen LogP contribution is 2.42. The van der Waals surface area contributed by atoms with Crippen molar-refractivity contribution in [1.82, 2.24) is 10.5 Å². The zero-order chi connectivity index (χ0) is 12.5. The first kappa shape index (κ1) is 11.9. The molecule has 4 heteroatoms. The summed E-state index contributed by atoms with van der Waals surface area (Å²) in [4.78, 5) is 1.45. The molecule has 0 amide bonds. The van der Waals surface area contributed by atoms with Gasteiger partial charge in [0.2, 0.25) is 0 Å². The van der Waals surface area contributed by atoms with Gasteiger partial charge < -0.3 is 9.84 Å². The molecule has 2 aromatic rings. The predicted molar refractivity (Wildman–Crippen MR) is 72.6 cm³/mol. The lowest BCUT2D eigenvalue weighted by atomic mass is 10.1. The summed E-state index contributed by atoms with van der Waals surface area (Å²) >= 11 is 1.84. The van der Waals surface area contributed by atoms with Crippen LogP contribution in [0, 0.1) is 19.8 Å². The molecule has 96 valence electrons. The lowest BCUT2D eigenvalue weighted by molar-refractivity contribution is 0.391. The molecular weight excluding hydrogens is 244 g/mol. The quantitative estimate of drug-likeness (QED) is 0.894. The van der Waals surface area contributed by atoms with Crippen molar-refractivity contribution < 1.29 is 4.52 Å². The maximum absolute atomic E-state index is 5.21. The first-order chi connectivity index (χ1) is 8.75. The highest BCUT2D eigenvalue weighted by molar-refractivity contribution is 7.10. The molecule has 2 aromatic heterocycles. The largest absolute Gasteiger partial charge is 0.361 e. The molecule has 1 unspecified atom stereocenters. The standard InChI is InChI=1S/C14H18N2OS/c1-9-12(10(2)17-16-9)8-15-14(11-5-6-11)13-4-3-7-18-13/h3-4,7,11,14-15H,5-6,8H2,1-2H3. The van der Waals surface area contributed by atoms with Crippen molar-refractivity contribution in [1.29, 1.82) is 0 Å². The van der Waals surface area contributed by atoms with Gasteiger partial charge in [-0.3, -0.25) is 0 Å². The Morgan fingerprint density at radius 3 is 2.89 bits per heavy atom. The first-order valence-corrected chi connectivity index (χ1v) is 7.32. The summed E-state index contributed by atoms with van der Waals surface area (Å²) in [5.41, 5.74) is 2.21. The summed E-state index contributed by atoms with van der Waals surface area (Å²) in [6.07, 6.45) is 2.69. The zero-order valence-corrected chi connectivity index (χ0v) is 11.6. The van der Waals surface area contributed by atoms with E-state index >= 15 is 0 Å². The normalized spacial score (nSPS) is 17.0. The Morgan fingerprint density at radius 2 is 2.33 bits per heavy atom. The Balaban J connectivity index is 1.71. The molecule has 0 spiro atoms. The van der Waals surface area contributed by atoms with Crippen LogP contribution < -0.4 is 5.32 Å². The third-order valence-electron chi connectivity index (χ3n) is 3.62. The molecule has 1 aliphatic rings. The van der Waals surface area contributed by atoms with Gasteiger partial charge in [-0.25, -0.2) is 0 Å². The fraction of sp³-hybridized carbons (Fsp3) is 0.500. The van der Waals surface area contributed by atoms with Crippen LogP contribution in [0.25, 0.3) is 0 Å². The van der Waals surface area contributed by atoms with E-state index in [-0.39, 0.29) is 0 Å². The Kier molecular flexibility index (Phi) is 3.22. The topological polar surface area (TPSA) is 38.1 Å². The van der Waals surface area contributed by atoms with E-state index in [4.69, 9.17) is 4.52 Å². The van der Waals surface area contributed by atoms with Crippen molar-refractivity contribution >= 4 is 11.3 Å². The average molecular weight is 262 g/mol. The number of thiophene rings is 1. The second-order valence-electron chi connectivity index (χ2n) is 5.01. The molecule has 1 N–H and O–H groups in total. The van der Waals surface area contributed by atoms with Crippen LogP contribution in [-0.4, -0.2) is 5.16 Å². The van der Waals surface area contributed by atoms with Gasteiger partial charge in [-0.15, -0.1) is 11.3 Å². The van der Waals surface area contributed by atoms with Crippen LogP contribution in [0.3, 0.4) is 0 Å². The number of hydrogen-bond acceptors (Lipinski definition) is 4.